The molecule has 0 aliphatic heterocycles. The quantitative estimate of drug-likeness (QED) is 0.777. The van der Waals surface area contributed by atoms with E-state index in [1.54, 1.807) is 18.2 Å². The van der Waals surface area contributed by atoms with Gasteiger partial charge in [-0.15, -0.1) is 0 Å². The lowest BCUT2D eigenvalue weighted by molar-refractivity contribution is -0.135. The Labute approximate surface area is 105 Å². The maximum absolute atomic E-state index is 12.0. The zero-order chi connectivity index (χ0) is 13.8. The SMILES string of the molecule is Cc1cc(O)ccc1NC(C)CCCC(F)(F)F. The molecule has 1 atom stereocenters. The van der Waals surface area contributed by atoms with Crippen LogP contribution in [0.1, 0.15) is 31.7 Å². The van der Waals surface area contributed by atoms with E-state index in [9.17, 15) is 18.3 Å². The number of phenolic OH excluding ortho intramolecular Hbond substituents is 1. The summed E-state index contributed by atoms with van der Waals surface area (Å²) in [5.41, 5.74) is 1.71. The zero-order valence-corrected chi connectivity index (χ0v) is 10.5. The van der Waals surface area contributed by atoms with Gasteiger partial charge in [-0.05, 0) is 50.5 Å². The molecule has 0 bridgehead atoms. The second-order valence-electron chi connectivity index (χ2n) is 4.55. The molecule has 0 aliphatic rings. The molecule has 0 fully saturated rings. The van der Waals surface area contributed by atoms with Crippen molar-refractivity contribution >= 4 is 5.69 Å². The molecule has 18 heavy (non-hydrogen) atoms. The van der Waals surface area contributed by atoms with Crippen molar-refractivity contribution in [2.45, 2.75) is 45.3 Å². The Morgan fingerprint density at radius 2 is 2.00 bits per heavy atom. The largest absolute Gasteiger partial charge is 0.508 e. The van der Waals surface area contributed by atoms with Gasteiger partial charge in [0.2, 0.25) is 0 Å². The van der Waals surface area contributed by atoms with Crippen molar-refractivity contribution in [3.63, 3.8) is 0 Å². The Morgan fingerprint density at radius 1 is 1.33 bits per heavy atom. The third-order valence-corrected chi connectivity index (χ3v) is 2.71. The van der Waals surface area contributed by atoms with E-state index >= 15 is 0 Å². The molecule has 1 rings (SSSR count). The molecule has 0 amide bonds. The summed E-state index contributed by atoms with van der Waals surface area (Å²) in [5.74, 6) is 0.183. The Hall–Kier alpha value is -1.39. The second-order valence-corrected chi connectivity index (χ2v) is 4.55. The number of hydrogen-bond donors (Lipinski definition) is 2. The highest BCUT2D eigenvalue weighted by atomic mass is 19.4. The van der Waals surface area contributed by atoms with Gasteiger partial charge < -0.3 is 10.4 Å². The molecule has 1 aromatic carbocycles. The molecule has 0 saturated heterocycles. The molecule has 0 heterocycles. The number of rotatable bonds is 5. The van der Waals surface area contributed by atoms with Gasteiger partial charge in [-0.25, -0.2) is 0 Å². The van der Waals surface area contributed by atoms with Gasteiger partial charge in [0.15, 0.2) is 0 Å². The summed E-state index contributed by atoms with van der Waals surface area (Å²) in [6.07, 6.45) is -4.24. The van der Waals surface area contributed by atoms with Crippen molar-refractivity contribution < 1.29 is 18.3 Å². The lowest BCUT2D eigenvalue weighted by Gasteiger charge is -2.17. The van der Waals surface area contributed by atoms with Gasteiger partial charge >= 0.3 is 6.18 Å². The summed E-state index contributed by atoms with van der Waals surface area (Å²) in [5, 5.41) is 12.4. The Kier molecular flexibility index (Phi) is 4.87. The summed E-state index contributed by atoms with van der Waals surface area (Å²) in [6.45, 7) is 3.69. The van der Waals surface area contributed by atoms with Crippen LogP contribution in [-0.2, 0) is 0 Å². The van der Waals surface area contributed by atoms with Crippen molar-refractivity contribution in [1.82, 2.24) is 0 Å². The standard InChI is InChI=1S/C13H18F3NO/c1-9-8-11(18)5-6-12(9)17-10(2)4-3-7-13(14,15)16/h5-6,8,10,17-18H,3-4,7H2,1-2H3. The first-order valence-electron chi connectivity index (χ1n) is 5.91. The fourth-order valence-corrected chi connectivity index (χ4v) is 1.76. The molecular formula is C13H18F3NO. The van der Waals surface area contributed by atoms with E-state index < -0.39 is 12.6 Å². The predicted molar refractivity (Wildman–Crippen MR) is 65.8 cm³/mol. The first-order valence-corrected chi connectivity index (χ1v) is 5.91. The number of halogens is 3. The smallest absolute Gasteiger partial charge is 0.389 e. The maximum Gasteiger partial charge on any atom is 0.389 e. The number of aromatic hydroxyl groups is 1. The Bertz CT molecular complexity index is 390. The van der Waals surface area contributed by atoms with Crippen molar-refractivity contribution in [2.24, 2.45) is 0 Å². The van der Waals surface area contributed by atoms with Gasteiger partial charge in [-0.1, -0.05) is 0 Å². The fraction of sp³-hybridized carbons (Fsp3) is 0.538. The monoisotopic (exact) mass is 261 g/mol. The first-order chi connectivity index (χ1) is 8.28. The number of nitrogens with one attached hydrogen (secondary N) is 1. The van der Waals surface area contributed by atoms with E-state index in [1.165, 1.54) is 0 Å². The lowest BCUT2D eigenvalue weighted by atomic mass is 10.1. The zero-order valence-electron chi connectivity index (χ0n) is 10.5. The molecule has 0 aromatic heterocycles. The van der Waals surface area contributed by atoms with Crippen LogP contribution in [0.3, 0.4) is 0 Å². The molecule has 1 unspecified atom stereocenters. The highest BCUT2D eigenvalue weighted by Gasteiger charge is 2.26. The van der Waals surface area contributed by atoms with E-state index in [1.807, 2.05) is 13.8 Å². The Morgan fingerprint density at radius 3 is 2.56 bits per heavy atom. The Balaban J connectivity index is 2.42. The van der Waals surface area contributed by atoms with Crippen LogP contribution >= 0.6 is 0 Å². The van der Waals surface area contributed by atoms with Crippen molar-refractivity contribution in [3.05, 3.63) is 23.8 Å². The number of alkyl halides is 3. The van der Waals surface area contributed by atoms with Crippen LogP contribution in [-0.4, -0.2) is 17.3 Å². The predicted octanol–water partition coefficient (Wildman–Crippen LogP) is 4.23. The summed E-state index contributed by atoms with van der Waals surface area (Å²) < 4.78 is 36.0. The number of hydrogen-bond acceptors (Lipinski definition) is 2. The van der Waals surface area contributed by atoms with Crippen LogP contribution in [0.2, 0.25) is 0 Å². The maximum atomic E-state index is 12.0. The number of phenols is 1. The van der Waals surface area contributed by atoms with Crippen LogP contribution < -0.4 is 5.32 Å². The van der Waals surface area contributed by atoms with E-state index in [0.29, 0.717) is 6.42 Å². The molecule has 0 spiro atoms. The molecule has 0 aliphatic carbocycles. The molecule has 1 aromatic rings. The molecule has 0 saturated carbocycles. The molecule has 5 heteroatoms. The second kappa shape index (κ2) is 5.98. The third kappa shape index (κ3) is 5.29. The average molecular weight is 261 g/mol. The van der Waals surface area contributed by atoms with Crippen LogP contribution in [0.25, 0.3) is 0 Å². The number of anilines is 1. The normalized spacial score (nSPS) is 13.4. The van der Waals surface area contributed by atoms with Gasteiger partial charge in [-0.2, -0.15) is 13.2 Å². The van der Waals surface area contributed by atoms with E-state index in [2.05, 4.69) is 5.32 Å². The van der Waals surface area contributed by atoms with Crippen molar-refractivity contribution in [2.75, 3.05) is 5.32 Å². The summed E-state index contributed by atoms with van der Waals surface area (Å²) in [4.78, 5) is 0. The third-order valence-electron chi connectivity index (χ3n) is 2.71. The topological polar surface area (TPSA) is 32.3 Å². The van der Waals surface area contributed by atoms with E-state index in [4.69, 9.17) is 0 Å². The van der Waals surface area contributed by atoms with Gasteiger partial charge in [0.1, 0.15) is 5.75 Å². The molecule has 102 valence electrons. The highest BCUT2D eigenvalue weighted by molar-refractivity contribution is 5.53. The van der Waals surface area contributed by atoms with Crippen LogP contribution in [0.5, 0.6) is 5.75 Å². The van der Waals surface area contributed by atoms with Gasteiger partial charge in [0.05, 0.1) is 0 Å². The molecular weight excluding hydrogens is 243 g/mol. The van der Waals surface area contributed by atoms with E-state index in [0.717, 1.165) is 11.3 Å². The highest BCUT2D eigenvalue weighted by Crippen LogP contribution is 2.24. The average Bonchev–Trinajstić information content (AvgIpc) is 2.20. The summed E-state index contributed by atoms with van der Waals surface area (Å²) in [6, 6.07) is 4.86. The number of aryl methyl sites for hydroxylation is 1. The minimum absolute atomic E-state index is 0.0319. The fourth-order valence-electron chi connectivity index (χ4n) is 1.76. The lowest BCUT2D eigenvalue weighted by Crippen LogP contribution is -2.17. The van der Waals surface area contributed by atoms with Gasteiger partial charge in [0.25, 0.3) is 0 Å². The van der Waals surface area contributed by atoms with Gasteiger partial charge in [0, 0.05) is 18.2 Å². The van der Waals surface area contributed by atoms with Crippen LogP contribution in [0.4, 0.5) is 18.9 Å². The first kappa shape index (κ1) is 14.7. The van der Waals surface area contributed by atoms with Crippen molar-refractivity contribution in [1.29, 1.82) is 0 Å². The molecule has 2 nitrogen and oxygen atoms in total. The number of benzene rings is 1. The minimum Gasteiger partial charge on any atom is -0.508 e. The van der Waals surface area contributed by atoms with Crippen molar-refractivity contribution in [3.8, 4) is 5.75 Å². The molecule has 0 radical (unpaired) electrons. The molecule has 2 N–H and O–H groups in total. The van der Waals surface area contributed by atoms with Crippen LogP contribution in [0, 0.1) is 6.92 Å². The van der Waals surface area contributed by atoms with Gasteiger partial charge in [-0.3, -0.25) is 0 Å². The van der Waals surface area contributed by atoms with E-state index in [-0.39, 0.29) is 18.2 Å². The minimum atomic E-state index is -4.08. The summed E-state index contributed by atoms with van der Waals surface area (Å²) >= 11 is 0. The van der Waals surface area contributed by atoms with Crippen LogP contribution in [0.15, 0.2) is 18.2 Å². The summed E-state index contributed by atoms with van der Waals surface area (Å²) in [7, 11) is 0.